The van der Waals surface area contributed by atoms with E-state index >= 15 is 0 Å². The smallest absolute Gasteiger partial charge is 0.274 e. The van der Waals surface area contributed by atoms with E-state index in [9.17, 15) is 13.6 Å². The van der Waals surface area contributed by atoms with Gasteiger partial charge in [0.25, 0.3) is 5.91 Å². The minimum atomic E-state index is -0.841. The lowest BCUT2D eigenvalue weighted by Crippen LogP contribution is -2.16. The third-order valence-electron chi connectivity index (χ3n) is 3.77. The van der Waals surface area contributed by atoms with E-state index in [0.717, 1.165) is 23.3 Å². The number of hydrogen-bond donors (Lipinski definition) is 2. The Labute approximate surface area is 149 Å². The van der Waals surface area contributed by atoms with Crippen LogP contribution < -0.4 is 10.6 Å². The zero-order valence-electron chi connectivity index (χ0n) is 14.1. The van der Waals surface area contributed by atoms with Crippen LogP contribution in [0.4, 0.5) is 20.2 Å². The van der Waals surface area contributed by atoms with Gasteiger partial charge in [-0.25, -0.2) is 8.78 Å². The molecule has 1 aromatic heterocycles. The molecule has 26 heavy (non-hydrogen) atoms. The summed E-state index contributed by atoms with van der Waals surface area (Å²) in [6.45, 7) is 2.59. The normalized spacial score (nSPS) is 10.4. The second-order valence-corrected chi connectivity index (χ2v) is 5.82. The number of benzene rings is 2. The highest BCUT2D eigenvalue weighted by Crippen LogP contribution is 2.19. The molecule has 0 aliphatic carbocycles. The van der Waals surface area contributed by atoms with Crippen LogP contribution in [0.2, 0.25) is 0 Å². The summed E-state index contributed by atoms with van der Waals surface area (Å²) in [5.41, 5.74) is 2.51. The molecule has 2 aromatic carbocycles. The molecule has 0 saturated carbocycles. The zero-order valence-corrected chi connectivity index (χ0v) is 14.1. The van der Waals surface area contributed by atoms with E-state index < -0.39 is 23.2 Å². The quantitative estimate of drug-likeness (QED) is 0.708. The van der Waals surface area contributed by atoms with Gasteiger partial charge in [-0.3, -0.25) is 9.78 Å². The van der Waals surface area contributed by atoms with E-state index in [1.165, 1.54) is 18.3 Å². The monoisotopic (exact) mass is 353 g/mol. The average molecular weight is 353 g/mol. The minimum Gasteiger partial charge on any atom is -0.381 e. The fourth-order valence-corrected chi connectivity index (χ4v) is 2.49. The van der Waals surface area contributed by atoms with E-state index in [2.05, 4.69) is 21.7 Å². The summed E-state index contributed by atoms with van der Waals surface area (Å²) in [6.07, 6.45) is 1.46. The van der Waals surface area contributed by atoms with Crippen LogP contribution in [-0.2, 0) is 6.54 Å². The maximum Gasteiger partial charge on any atom is 0.274 e. The molecular weight excluding hydrogens is 336 g/mol. The molecule has 0 spiro atoms. The minimum absolute atomic E-state index is 0.0573. The van der Waals surface area contributed by atoms with Crippen molar-refractivity contribution in [2.24, 2.45) is 0 Å². The molecule has 132 valence electrons. The van der Waals surface area contributed by atoms with Gasteiger partial charge in [-0.2, -0.15) is 0 Å². The first kappa shape index (κ1) is 17.5. The predicted molar refractivity (Wildman–Crippen MR) is 97.1 cm³/mol. The van der Waals surface area contributed by atoms with Crippen molar-refractivity contribution in [2.75, 3.05) is 10.6 Å². The van der Waals surface area contributed by atoms with E-state index in [1.54, 1.807) is 6.07 Å². The third kappa shape index (κ3) is 4.22. The molecule has 3 rings (SSSR count). The number of nitrogens with zero attached hydrogens (tertiary/aromatic N) is 1. The lowest BCUT2D eigenvalue weighted by Gasteiger charge is -2.10. The molecule has 1 amide bonds. The maximum atomic E-state index is 13.7. The molecule has 1 heterocycles. The summed E-state index contributed by atoms with van der Waals surface area (Å²) >= 11 is 0. The number of anilines is 2. The van der Waals surface area contributed by atoms with Gasteiger partial charge in [0.2, 0.25) is 0 Å². The highest BCUT2D eigenvalue weighted by Gasteiger charge is 2.14. The lowest BCUT2D eigenvalue weighted by atomic mass is 10.1. The van der Waals surface area contributed by atoms with Gasteiger partial charge in [-0.05, 0) is 36.8 Å². The van der Waals surface area contributed by atoms with Gasteiger partial charge in [0, 0.05) is 18.4 Å². The molecule has 4 nitrogen and oxygen atoms in total. The van der Waals surface area contributed by atoms with Crippen LogP contribution in [-0.4, -0.2) is 10.9 Å². The van der Waals surface area contributed by atoms with Crippen molar-refractivity contribution in [3.8, 4) is 0 Å². The molecule has 0 radical (unpaired) electrons. The van der Waals surface area contributed by atoms with Crippen molar-refractivity contribution >= 4 is 17.3 Å². The van der Waals surface area contributed by atoms with Crippen LogP contribution in [0.25, 0.3) is 0 Å². The molecule has 3 aromatic rings. The number of aromatic nitrogens is 1. The van der Waals surface area contributed by atoms with E-state index in [1.807, 2.05) is 25.1 Å². The zero-order chi connectivity index (χ0) is 18.5. The summed E-state index contributed by atoms with van der Waals surface area (Å²) in [5, 5.41) is 5.43. The van der Waals surface area contributed by atoms with Crippen molar-refractivity contribution in [3.63, 3.8) is 0 Å². The Morgan fingerprint density at radius 2 is 1.77 bits per heavy atom. The van der Waals surface area contributed by atoms with Crippen molar-refractivity contribution in [3.05, 3.63) is 89.2 Å². The van der Waals surface area contributed by atoms with Crippen LogP contribution in [0.1, 0.15) is 21.6 Å². The number of pyridine rings is 1. The lowest BCUT2D eigenvalue weighted by molar-refractivity contribution is 0.102. The first-order chi connectivity index (χ1) is 12.5. The number of carbonyl (C=O) groups is 1. The molecule has 0 aliphatic rings. The second-order valence-electron chi connectivity index (χ2n) is 5.82. The Morgan fingerprint density at radius 3 is 2.50 bits per heavy atom. The van der Waals surface area contributed by atoms with Gasteiger partial charge in [0.05, 0.1) is 0 Å². The second kappa shape index (κ2) is 7.74. The summed E-state index contributed by atoms with van der Waals surface area (Å²) in [7, 11) is 0. The first-order valence-electron chi connectivity index (χ1n) is 8.04. The number of carbonyl (C=O) groups excluding carboxylic acids is 1. The fourth-order valence-electron chi connectivity index (χ4n) is 2.49. The summed E-state index contributed by atoms with van der Waals surface area (Å²) < 4.78 is 27.3. The van der Waals surface area contributed by atoms with Gasteiger partial charge in [-0.1, -0.05) is 35.9 Å². The van der Waals surface area contributed by atoms with Crippen LogP contribution in [0.3, 0.4) is 0 Å². The predicted octanol–water partition coefficient (Wildman–Crippen LogP) is 4.53. The molecule has 0 aliphatic heterocycles. The summed E-state index contributed by atoms with van der Waals surface area (Å²) in [5.74, 6) is -2.37. The number of amides is 1. The topological polar surface area (TPSA) is 54.0 Å². The Morgan fingerprint density at radius 1 is 1.04 bits per heavy atom. The van der Waals surface area contributed by atoms with E-state index in [-0.39, 0.29) is 5.69 Å². The third-order valence-corrected chi connectivity index (χ3v) is 3.77. The van der Waals surface area contributed by atoms with Crippen molar-refractivity contribution in [1.29, 1.82) is 0 Å². The fraction of sp³-hybridized carbons (Fsp3) is 0.100. The molecule has 0 bridgehead atoms. The van der Waals surface area contributed by atoms with Crippen molar-refractivity contribution in [1.82, 2.24) is 4.98 Å². The van der Waals surface area contributed by atoms with E-state index in [4.69, 9.17) is 0 Å². The average Bonchev–Trinajstić information content (AvgIpc) is 2.63. The number of para-hydroxylation sites is 1. The number of nitrogens with one attached hydrogen (secondary N) is 2. The van der Waals surface area contributed by atoms with Crippen LogP contribution in [0.5, 0.6) is 0 Å². The highest BCUT2D eigenvalue weighted by atomic mass is 19.1. The Bertz CT molecular complexity index is 924. The number of aryl methyl sites for hydroxylation is 1. The Kier molecular flexibility index (Phi) is 5.22. The summed E-state index contributed by atoms with van der Waals surface area (Å²) in [4.78, 5) is 16.2. The first-order valence-corrected chi connectivity index (χ1v) is 8.04. The van der Waals surface area contributed by atoms with Crippen molar-refractivity contribution < 1.29 is 13.6 Å². The van der Waals surface area contributed by atoms with Crippen LogP contribution in [0, 0.1) is 18.6 Å². The van der Waals surface area contributed by atoms with Gasteiger partial charge >= 0.3 is 0 Å². The molecular formula is C20H17F2N3O. The van der Waals surface area contributed by atoms with Gasteiger partial charge < -0.3 is 10.6 Å². The Balaban J connectivity index is 1.71. The molecule has 6 heteroatoms. The van der Waals surface area contributed by atoms with Gasteiger partial charge in [0.1, 0.15) is 23.0 Å². The molecule has 2 N–H and O–H groups in total. The molecule has 0 unspecified atom stereocenters. The standard InChI is InChI=1S/C20H17F2N3O/c1-13-4-2-5-14(10-13)12-24-15-8-9-23-18(11-15)20(26)25-19-16(21)6-3-7-17(19)22/h2-11H,12H2,1H3,(H,23,24)(H,25,26). The Hall–Kier alpha value is -3.28. The summed E-state index contributed by atoms with van der Waals surface area (Å²) in [6, 6.07) is 14.7. The highest BCUT2D eigenvalue weighted by molar-refractivity contribution is 6.03. The number of rotatable bonds is 5. The van der Waals surface area contributed by atoms with Crippen LogP contribution >= 0.6 is 0 Å². The molecule has 0 atom stereocenters. The number of hydrogen-bond acceptors (Lipinski definition) is 3. The van der Waals surface area contributed by atoms with Gasteiger partial charge in [0.15, 0.2) is 0 Å². The molecule has 0 fully saturated rings. The van der Waals surface area contributed by atoms with Crippen LogP contribution in [0.15, 0.2) is 60.8 Å². The molecule has 0 saturated heterocycles. The largest absolute Gasteiger partial charge is 0.381 e. The van der Waals surface area contributed by atoms with Gasteiger partial charge in [-0.15, -0.1) is 0 Å². The van der Waals surface area contributed by atoms with E-state index in [0.29, 0.717) is 12.2 Å². The van der Waals surface area contributed by atoms with Crippen molar-refractivity contribution in [2.45, 2.75) is 13.5 Å². The SMILES string of the molecule is Cc1cccc(CNc2ccnc(C(=O)Nc3c(F)cccc3F)c2)c1. The maximum absolute atomic E-state index is 13.7. The number of halogens is 2.